The molecule has 0 radical (unpaired) electrons. The van der Waals surface area contributed by atoms with Gasteiger partial charge in [0.15, 0.2) is 5.82 Å². The number of rotatable bonds is 1. The van der Waals surface area contributed by atoms with Gasteiger partial charge in [-0.1, -0.05) is 0 Å². The van der Waals surface area contributed by atoms with Crippen LogP contribution in [0, 0.1) is 13.8 Å². The van der Waals surface area contributed by atoms with Crippen molar-refractivity contribution < 1.29 is 0 Å². The molecule has 3 rings (SSSR count). The van der Waals surface area contributed by atoms with E-state index < -0.39 is 0 Å². The molecule has 0 aliphatic heterocycles. The Morgan fingerprint density at radius 1 is 1.29 bits per heavy atom. The Balaban J connectivity index is 2.30. The lowest BCUT2D eigenvalue weighted by Crippen LogP contribution is -1.95. The zero-order valence-corrected chi connectivity index (χ0v) is 10.9. The van der Waals surface area contributed by atoms with Gasteiger partial charge in [0.05, 0.1) is 11.4 Å². The highest BCUT2D eigenvalue weighted by Crippen LogP contribution is 2.30. The highest BCUT2D eigenvalue weighted by molar-refractivity contribution is 7.16. The molecule has 0 unspecified atom stereocenters. The summed E-state index contributed by atoms with van der Waals surface area (Å²) in [6, 6.07) is 2.20. The van der Waals surface area contributed by atoms with E-state index >= 15 is 0 Å². The number of aryl methyl sites for hydroxylation is 1. The number of nitrogens with two attached hydrogens (primary N) is 1. The maximum Gasteiger partial charge on any atom is 0.160 e. The Kier molecular flexibility index (Phi) is 2.06. The first-order chi connectivity index (χ1) is 8.09. The molecule has 0 saturated carbocycles. The molecule has 3 aromatic heterocycles. The van der Waals surface area contributed by atoms with E-state index in [4.69, 9.17) is 5.73 Å². The first-order valence-electron chi connectivity index (χ1n) is 5.43. The number of anilines is 1. The molecule has 0 amide bonds. The van der Waals surface area contributed by atoms with Gasteiger partial charge in [0, 0.05) is 18.1 Å². The minimum absolute atomic E-state index is 0.601. The van der Waals surface area contributed by atoms with Gasteiger partial charge in [0.2, 0.25) is 0 Å². The molecule has 4 nitrogen and oxygen atoms in total. The van der Waals surface area contributed by atoms with Crippen LogP contribution < -0.4 is 5.73 Å². The van der Waals surface area contributed by atoms with Gasteiger partial charge in [-0.15, -0.1) is 11.3 Å². The molecule has 0 spiro atoms. The molecular weight excluding hydrogens is 232 g/mol. The molecule has 0 bridgehead atoms. The molecule has 17 heavy (non-hydrogen) atoms. The SMILES string of the molecule is Cc1cc(-c2csc3c(N)ncn23)n(C)c1C. The van der Waals surface area contributed by atoms with E-state index in [-0.39, 0.29) is 0 Å². The fourth-order valence-corrected chi connectivity index (χ4v) is 2.98. The smallest absolute Gasteiger partial charge is 0.160 e. The number of nitrogens with zero attached hydrogens (tertiary/aromatic N) is 3. The third kappa shape index (κ3) is 1.32. The van der Waals surface area contributed by atoms with Crippen molar-refractivity contribution in [2.75, 3.05) is 5.73 Å². The van der Waals surface area contributed by atoms with Crippen LogP contribution in [0.25, 0.3) is 16.2 Å². The molecule has 0 fully saturated rings. The van der Waals surface area contributed by atoms with Gasteiger partial charge in [0.1, 0.15) is 11.2 Å². The summed E-state index contributed by atoms with van der Waals surface area (Å²) >= 11 is 1.63. The number of imidazole rings is 1. The monoisotopic (exact) mass is 246 g/mol. The van der Waals surface area contributed by atoms with Gasteiger partial charge < -0.3 is 10.3 Å². The topological polar surface area (TPSA) is 48.2 Å². The molecule has 0 aliphatic rings. The van der Waals surface area contributed by atoms with Crippen LogP contribution in [0.3, 0.4) is 0 Å². The molecular formula is C12H14N4S. The van der Waals surface area contributed by atoms with Crippen LogP contribution in [-0.4, -0.2) is 14.0 Å². The highest BCUT2D eigenvalue weighted by atomic mass is 32.1. The molecule has 3 aromatic rings. The van der Waals surface area contributed by atoms with Gasteiger partial charge in [0.25, 0.3) is 0 Å². The van der Waals surface area contributed by atoms with E-state index in [9.17, 15) is 0 Å². The predicted octanol–water partition coefficient (Wildman–Crippen LogP) is 2.60. The number of hydrogen-bond donors (Lipinski definition) is 1. The van der Waals surface area contributed by atoms with Crippen molar-refractivity contribution in [1.82, 2.24) is 14.0 Å². The number of hydrogen-bond acceptors (Lipinski definition) is 3. The first-order valence-corrected chi connectivity index (χ1v) is 6.31. The number of nitrogen functional groups attached to an aromatic ring is 1. The third-order valence-corrected chi connectivity index (χ3v) is 4.31. The van der Waals surface area contributed by atoms with Crippen molar-refractivity contribution in [3.63, 3.8) is 0 Å². The van der Waals surface area contributed by atoms with E-state index in [1.165, 1.54) is 17.0 Å². The van der Waals surface area contributed by atoms with Crippen molar-refractivity contribution in [3.05, 3.63) is 29.0 Å². The average molecular weight is 246 g/mol. The lowest BCUT2D eigenvalue weighted by molar-refractivity contribution is 0.879. The van der Waals surface area contributed by atoms with E-state index in [1.54, 1.807) is 17.7 Å². The van der Waals surface area contributed by atoms with E-state index in [2.05, 4.69) is 41.9 Å². The summed E-state index contributed by atoms with van der Waals surface area (Å²) in [5, 5.41) is 2.13. The van der Waals surface area contributed by atoms with Crippen molar-refractivity contribution in [2.45, 2.75) is 13.8 Å². The van der Waals surface area contributed by atoms with E-state index in [0.717, 1.165) is 10.5 Å². The normalized spacial score (nSPS) is 11.5. The molecule has 2 N–H and O–H groups in total. The van der Waals surface area contributed by atoms with Crippen molar-refractivity contribution in [3.8, 4) is 11.4 Å². The molecule has 5 heteroatoms. The molecule has 0 aliphatic carbocycles. The standard InChI is InChI=1S/C12H14N4S/c1-7-4-9(15(3)8(7)2)10-5-17-12-11(13)14-6-16(10)12/h4-6H,13H2,1-3H3. The van der Waals surface area contributed by atoms with Crippen molar-refractivity contribution in [1.29, 1.82) is 0 Å². The van der Waals surface area contributed by atoms with Crippen LogP contribution in [0.4, 0.5) is 5.82 Å². The van der Waals surface area contributed by atoms with Crippen LogP contribution in [0.5, 0.6) is 0 Å². The van der Waals surface area contributed by atoms with Crippen LogP contribution in [0.2, 0.25) is 0 Å². The summed E-state index contributed by atoms with van der Waals surface area (Å²) < 4.78 is 4.25. The molecule has 0 atom stereocenters. The van der Waals surface area contributed by atoms with Gasteiger partial charge in [-0.25, -0.2) is 4.98 Å². The fraction of sp³-hybridized carbons (Fsp3) is 0.250. The Labute approximate surface area is 103 Å². The maximum atomic E-state index is 5.81. The van der Waals surface area contributed by atoms with E-state index in [0.29, 0.717) is 5.82 Å². The molecule has 0 saturated heterocycles. The number of aromatic nitrogens is 3. The molecule has 0 aromatic carbocycles. The lowest BCUT2D eigenvalue weighted by Gasteiger charge is -2.03. The van der Waals surface area contributed by atoms with E-state index in [1.807, 2.05) is 4.40 Å². The number of fused-ring (bicyclic) bond motifs is 1. The summed E-state index contributed by atoms with van der Waals surface area (Å²) in [7, 11) is 2.08. The second-order valence-corrected chi connectivity index (χ2v) is 5.14. The summed E-state index contributed by atoms with van der Waals surface area (Å²) in [5.41, 5.74) is 10.7. The zero-order chi connectivity index (χ0) is 12.2. The summed E-state index contributed by atoms with van der Waals surface area (Å²) in [5.74, 6) is 0.601. The second kappa shape index (κ2) is 3.37. The lowest BCUT2D eigenvalue weighted by atomic mass is 10.2. The van der Waals surface area contributed by atoms with Gasteiger partial charge in [-0.3, -0.25) is 4.40 Å². The van der Waals surface area contributed by atoms with Gasteiger partial charge >= 0.3 is 0 Å². The summed E-state index contributed by atoms with van der Waals surface area (Å²) in [4.78, 5) is 5.15. The Morgan fingerprint density at radius 3 is 2.71 bits per heavy atom. The van der Waals surface area contributed by atoms with Crippen molar-refractivity contribution >= 4 is 22.0 Å². The van der Waals surface area contributed by atoms with Crippen LogP contribution in [0.15, 0.2) is 17.8 Å². The minimum atomic E-state index is 0.601. The quantitative estimate of drug-likeness (QED) is 0.717. The zero-order valence-electron chi connectivity index (χ0n) is 10.1. The summed E-state index contributed by atoms with van der Waals surface area (Å²) in [6.07, 6.45) is 1.79. The van der Waals surface area contributed by atoms with Gasteiger partial charge in [-0.2, -0.15) is 0 Å². The molecule has 3 heterocycles. The third-order valence-electron chi connectivity index (χ3n) is 3.34. The Bertz CT molecular complexity index is 702. The second-order valence-electron chi connectivity index (χ2n) is 4.28. The Hall–Kier alpha value is -1.75. The fourth-order valence-electron chi connectivity index (χ4n) is 2.09. The van der Waals surface area contributed by atoms with Gasteiger partial charge in [-0.05, 0) is 25.5 Å². The average Bonchev–Trinajstić information content (AvgIpc) is 2.93. The van der Waals surface area contributed by atoms with Crippen molar-refractivity contribution in [2.24, 2.45) is 7.05 Å². The molecule has 88 valence electrons. The predicted molar refractivity (Wildman–Crippen MR) is 71.4 cm³/mol. The number of thiazole rings is 1. The van der Waals surface area contributed by atoms with Crippen LogP contribution in [-0.2, 0) is 7.05 Å². The Morgan fingerprint density at radius 2 is 2.06 bits per heavy atom. The van der Waals surface area contributed by atoms with Crippen LogP contribution in [0.1, 0.15) is 11.3 Å². The van der Waals surface area contributed by atoms with Crippen LogP contribution >= 0.6 is 11.3 Å². The highest BCUT2D eigenvalue weighted by Gasteiger charge is 2.14. The largest absolute Gasteiger partial charge is 0.381 e. The minimum Gasteiger partial charge on any atom is -0.381 e. The summed E-state index contributed by atoms with van der Waals surface area (Å²) in [6.45, 7) is 4.26. The first kappa shape index (κ1) is 10.4. The maximum absolute atomic E-state index is 5.81.